The smallest absolute Gasteiger partial charge is 0.306 e. The molecule has 2 heterocycles. The second-order valence-electron chi connectivity index (χ2n) is 10.3. The van der Waals surface area contributed by atoms with Gasteiger partial charge in [-0.2, -0.15) is 0 Å². The summed E-state index contributed by atoms with van der Waals surface area (Å²) in [5, 5.41) is 19.2. The molecule has 10 nitrogen and oxygen atoms in total. The molecule has 0 radical (unpaired) electrons. The molecule has 2 aromatic carbocycles. The highest BCUT2D eigenvalue weighted by molar-refractivity contribution is 7.21. The van der Waals surface area contributed by atoms with E-state index in [1.807, 2.05) is 0 Å². The van der Waals surface area contributed by atoms with E-state index in [-0.39, 0.29) is 64.4 Å². The van der Waals surface area contributed by atoms with Crippen molar-refractivity contribution in [2.24, 2.45) is 11.8 Å². The SMILES string of the molecule is COc1cc2sc(C(=O)CC(C)C(=O)O)cc2c(F)c1OCCCOc1c(OC)cc2sc(C(=O)CC(C)C(=O)O)cc2c1Cl. The van der Waals surface area contributed by atoms with E-state index in [4.69, 9.17) is 40.8 Å². The van der Waals surface area contributed by atoms with E-state index in [2.05, 4.69) is 0 Å². The van der Waals surface area contributed by atoms with Gasteiger partial charge in [0.15, 0.2) is 40.4 Å². The number of fused-ring (bicyclic) bond motifs is 2. The van der Waals surface area contributed by atoms with Crippen LogP contribution in [0, 0.1) is 17.7 Å². The summed E-state index contributed by atoms with van der Waals surface area (Å²) in [6.45, 7) is 3.05. The molecular formula is C31H30ClFO10S2. The van der Waals surface area contributed by atoms with Crippen molar-refractivity contribution in [1.29, 1.82) is 0 Å². The summed E-state index contributed by atoms with van der Waals surface area (Å²) in [6, 6.07) is 6.25. The topological polar surface area (TPSA) is 146 Å². The Morgan fingerprint density at radius 2 is 1.22 bits per heavy atom. The van der Waals surface area contributed by atoms with Crippen molar-refractivity contribution in [2.45, 2.75) is 33.1 Å². The first-order valence-corrected chi connectivity index (χ1v) is 15.7. The number of ketones is 2. The number of Topliss-reactive ketones (excluding diaryl/α,β-unsaturated/α-hetero) is 2. The van der Waals surface area contributed by atoms with Gasteiger partial charge in [0.05, 0.1) is 54.0 Å². The summed E-state index contributed by atoms with van der Waals surface area (Å²) >= 11 is 8.87. The van der Waals surface area contributed by atoms with Gasteiger partial charge in [0.2, 0.25) is 0 Å². The molecule has 4 aromatic rings. The molecule has 0 bridgehead atoms. The minimum Gasteiger partial charge on any atom is -0.493 e. The molecule has 240 valence electrons. The molecule has 4 rings (SSSR count). The summed E-state index contributed by atoms with van der Waals surface area (Å²) in [6.07, 6.45) is -0.0425. The fraction of sp³-hybridized carbons (Fsp3) is 0.355. The molecule has 0 aliphatic carbocycles. The lowest BCUT2D eigenvalue weighted by Crippen LogP contribution is -2.13. The Morgan fingerprint density at radius 1 is 0.778 bits per heavy atom. The molecule has 2 N–H and O–H groups in total. The maximum absolute atomic E-state index is 15.5. The molecule has 0 saturated heterocycles. The highest BCUT2D eigenvalue weighted by atomic mass is 35.5. The summed E-state index contributed by atoms with van der Waals surface area (Å²) in [4.78, 5) is 48.1. The normalized spacial score (nSPS) is 12.6. The Hall–Kier alpha value is -3.94. The van der Waals surface area contributed by atoms with Gasteiger partial charge < -0.3 is 29.2 Å². The van der Waals surface area contributed by atoms with Crippen LogP contribution in [0.2, 0.25) is 5.02 Å². The second kappa shape index (κ2) is 14.4. The summed E-state index contributed by atoms with van der Waals surface area (Å²) in [5.41, 5.74) is 0. The average molecular weight is 681 g/mol. The zero-order chi connectivity index (χ0) is 33.0. The standard InChI is InChI=1S/C31H30ClFO10S2/c1-14(30(36)37)8-18(34)24-10-16-22(44-24)12-20(40-3)28(26(16)32)42-6-5-7-43-29-21(41-4)13-23-17(27(29)33)11-25(45-23)19(35)9-15(2)31(38)39/h10-15H,5-9H2,1-4H3,(H,36,37)(H,38,39). The predicted octanol–water partition coefficient (Wildman–Crippen LogP) is 7.36. The molecule has 0 saturated carbocycles. The number of thiophene rings is 2. The third-order valence-corrected chi connectivity index (χ3v) is 9.58. The van der Waals surface area contributed by atoms with Crippen LogP contribution in [0.1, 0.15) is 52.5 Å². The zero-order valence-corrected chi connectivity index (χ0v) is 27.1. The van der Waals surface area contributed by atoms with Crippen molar-refractivity contribution >= 4 is 78.0 Å². The third-order valence-electron chi connectivity index (χ3n) is 6.96. The molecular weight excluding hydrogens is 651 g/mol. The van der Waals surface area contributed by atoms with Crippen LogP contribution in [0.4, 0.5) is 4.39 Å². The molecule has 2 atom stereocenters. The number of halogens is 2. The number of aliphatic carboxylic acids is 2. The van der Waals surface area contributed by atoms with Crippen molar-refractivity contribution < 1.29 is 52.7 Å². The largest absolute Gasteiger partial charge is 0.493 e. The van der Waals surface area contributed by atoms with Crippen LogP contribution < -0.4 is 18.9 Å². The van der Waals surface area contributed by atoms with Gasteiger partial charge in [-0.05, 0) is 12.1 Å². The fourth-order valence-electron chi connectivity index (χ4n) is 4.38. The molecule has 2 aromatic heterocycles. The Bertz CT molecular complexity index is 1650. The number of rotatable bonds is 16. The van der Waals surface area contributed by atoms with Crippen LogP contribution in [0.15, 0.2) is 24.3 Å². The van der Waals surface area contributed by atoms with Gasteiger partial charge in [-0.25, -0.2) is 4.39 Å². The highest BCUT2D eigenvalue weighted by Gasteiger charge is 2.24. The number of benzene rings is 2. The van der Waals surface area contributed by atoms with Gasteiger partial charge in [-0.1, -0.05) is 25.4 Å². The Labute approximate surface area is 270 Å². The Morgan fingerprint density at radius 3 is 1.71 bits per heavy atom. The number of carboxylic acid groups (broad SMARTS) is 2. The van der Waals surface area contributed by atoms with E-state index in [9.17, 15) is 19.2 Å². The molecule has 14 heteroatoms. The average Bonchev–Trinajstić information content (AvgIpc) is 3.63. The molecule has 0 aliphatic heterocycles. The quantitative estimate of drug-likeness (QED) is 0.0909. The monoisotopic (exact) mass is 680 g/mol. The van der Waals surface area contributed by atoms with Crippen LogP contribution in [0.25, 0.3) is 20.2 Å². The maximum atomic E-state index is 15.5. The van der Waals surface area contributed by atoms with Gasteiger partial charge in [0.25, 0.3) is 0 Å². The lowest BCUT2D eigenvalue weighted by molar-refractivity contribution is -0.141. The maximum Gasteiger partial charge on any atom is 0.306 e. The predicted molar refractivity (Wildman–Crippen MR) is 169 cm³/mol. The minimum atomic E-state index is -1.09. The summed E-state index contributed by atoms with van der Waals surface area (Å²) < 4.78 is 39.0. The lowest BCUT2D eigenvalue weighted by atomic mass is 10.0. The second-order valence-corrected chi connectivity index (χ2v) is 12.8. The molecule has 0 spiro atoms. The van der Waals surface area contributed by atoms with Crippen molar-refractivity contribution in [3.05, 3.63) is 44.9 Å². The minimum absolute atomic E-state index is 0.0336. The van der Waals surface area contributed by atoms with Crippen molar-refractivity contribution in [2.75, 3.05) is 27.4 Å². The number of carboxylic acids is 2. The molecule has 0 aliphatic rings. The lowest BCUT2D eigenvalue weighted by Gasteiger charge is -2.14. The van der Waals surface area contributed by atoms with Crippen molar-refractivity contribution in [3.63, 3.8) is 0 Å². The van der Waals surface area contributed by atoms with Crippen molar-refractivity contribution in [1.82, 2.24) is 0 Å². The van der Waals surface area contributed by atoms with Crippen molar-refractivity contribution in [3.8, 4) is 23.0 Å². The van der Waals surface area contributed by atoms with E-state index in [0.29, 0.717) is 31.8 Å². The third kappa shape index (κ3) is 7.48. The first-order chi connectivity index (χ1) is 21.4. The van der Waals surface area contributed by atoms with Crippen LogP contribution in [-0.4, -0.2) is 61.2 Å². The number of carbonyl (C=O) groups is 4. The summed E-state index contributed by atoms with van der Waals surface area (Å²) in [7, 11) is 2.81. The highest BCUT2D eigenvalue weighted by Crippen LogP contribution is 2.45. The number of hydrogen-bond donors (Lipinski definition) is 2. The van der Waals surface area contributed by atoms with Gasteiger partial charge in [-0.15, -0.1) is 22.7 Å². The Balaban J connectivity index is 1.44. The molecule has 0 fully saturated rings. The molecule has 45 heavy (non-hydrogen) atoms. The van der Waals surface area contributed by atoms with E-state index < -0.39 is 35.4 Å². The van der Waals surface area contributed by atoms with Crippen LogP contribution in [-0.2, 0) is 9.59 Å². The fourth-order valence-corrected chi connectivity index (χ4v) is 6.83. The number of ether oxygens (including phenoxy) is 4. The number of carbonyl (C=O) groups excluding carboxylic acids is 2. The first kappa shape index (κ1) is 33.9. The molecule has 0 amide bonds. The summed E-state index contributed by atoms with van der Waals surface area (Å²) in [5.74, 6) is -4.65. The van der Waals surface area contributed by atoms with Gasteiger partial charge in [-0.3, -0.25) is 19.2 Å². The molecule has 2 unspecified atom stereocenters. The van der Waals surface area contributed by atoms with Crippen LogP contribution in [0.3, 0.4) is 0 Å². The van der Waals surface area contributed by atoms with Crippen LogP contribution in [0.5, 0.6) is 23.0 Å². The number of methoxy groups -OCH3 is 2. The van der Waals surface area contributed by atoms with Gasteiger partial charge >= 0.3 is 11.9 Å². The van der Waals surface area contributed by atoms with Crippen LogP contribution >= 0.6 is 34.3 Å². The van der Waals surface area contributed by atoms with E-state index >= 15 is 4.39 Å². The number of hydrogen-bond acceptors (Lipinski definition) is 10. The van der Waals surface area contributed by atoms with Gasteiger partial charge in [0, 0.05) is 51.6 Å². The van der Waals surface area contributed by atoms with E-state index in [1.54, 1.807) is 18.2 Å². The zero-order valence-electron chi connectivity index (χ0n) is 24.7. The first-order valence-electron chi connectivity index (χ1n) is 13.7. The van der Waals surface area contributed by atoms with E-state index in [0.717, 1.165) is 11.3 Å². The Kier molecular flexibility index (Phi) is 10.9. The van der Waals surface area contributed by atoms with E-state index in [1.165, 1.54) is 45.5 Å². The van der Waals surface area contributed by atoms with Gasteiger partial charge in [0.1, 0.15) is 0 Å².